The fraction of sp³-hybridized carbons (Fsp3) is 0.435. The molecule has 7 heteroatoms. The molecule has 1 atom stereocenters. The summed E-state index contributed by atoms with van der Waals surface area (Å²) in [7, 11) is 0. The van der Waals surface area contributed by atoms with Crippen LogP contribution in [0.25, 0.3) is 11.0 Å². The number of nitrogens with one attached hydrogen (secondary N) is 2. The topological polar surface area (TPSA) is 47.2 Å². The highest BCUT2D eigenvalue weighted by molar-refractivity contribution is 6.42. The van der Waals surface area contributed by atoms with Crippen LogP contribution in [0.4, 0.5) is 5.95 Å². The summed E-state index contributed by atoms with van der Waals surface area (Å²) < 4.78 is 0. The molecule has 0 spiro atoms. The first-order chi connectivity index (χ1) is 14.5. The Balaban J connectivity index is 1.31. The molecule has 160 valence electrons. The molecule has 0 bridgehead atoms. The van der Waals surface area contributed by atoms with Gasteiger partial charge in [0.1, 0.15) is 0 Å². The second-order valence-corrected chi connectivity index (χ2v) is 9.24. The first kappa shape index (κ1) is 21.4. The molecule has 1 fully saturated rings. The Morgan fingerprint density at radius 1 is 1.00 bits per heavy atom. The zero-order valence-corrected chi connectivity index (χ0v) is 19.0. The third kappa shape index (κ3) is 5.27. The number of imidazole rings is 1. The van der Waals surface area contributed by atoms with Crippen molar-refractivity contribution in [2.45, 2.75) is 26.4 Å². The van der Waals surface area contributed by atoms with Crippen LogP contribution in [-0.2, 0) is 6.54 Å². The van der Waals surface area contributed by atoms with Crippen molar-refractivity contribution >= 4 is 40.2 Å². The molecule has 0 radical (unpaired) electrons. The van der Waals surface area contributed by atoms with Gasteiger partial charge in [-0.05, 0) is 35.7 Å². The summed E-state index contributed by atoms with van der Waals surface area (Å²) in [6, 6.07) is 14.4. The van der Waals surface area contributed by atoms with Crippen LogP contribution in [0.2, 0.25) is 10.0 Å². The van der Waals surface area contributed by atoms with Gasteiger partial charge in [0.15, 0.2) is 0 Å². The molecule has 2 N–H and O–H groups in total. The maximum absolute atomic E-state index is 6.16. The fourth-order valence-electron chi connectivity index (χ4n) is 3.92. The predicted octanol–water partition coefficient (Wildman–Crippen LogP) is 5.12. The largest absolute Gasteiger partial charge is 0.352 e. The van der Waals surface area contributed by atoms with Crippen molar-refractivity contribution in [1.82, 2.24) is 19.8 Å². The Kier molecular flexibility index (Phi) is 6.84. The van der Waals surface area contributed by atoms with E-state index < -0.39 is 0 Å². The first-order valence-electron chi connectivity index (χ1n) is 10.6. The van der Waals surface area contributed by atoms with Gasteiger partial charge in [-0.3, -0.25) is 9.80 Å². The molecule has 2 aromatic carbocycles. The van der Waals surface area contributed by atoms with E-state index in [9.17, 15) is 0 Å². The summed E-state index contributed by atoms with van der Waals surface area (Å²) in [6.07, 6.45) is 0. The molecule has 1 aromatic heterocycles. The van der Waals surface area contributed by atoms with Crippen molar-refractivity contribution in [1.29, 1.82) is 0 Å². The smallest absolute Gasteiger partial charge is 0.201 e. The number of para-hydroxylation sites is 2. The Morgan fingerprint density at radius 3 is 2.43 bits per heavy atom. The van der Waals surface area contributed by atoms with Gasteiger partial charge in [0.05, 0.1) is 21.1 Å². The second kappa shape index (κ2) is 9.56. The van der Waals surface area contributed by atoms with Gasteiger partial charge in [-0.2, -0.15) is 0 Å². The summed E-state index contributed by atoms with van der Waals surface area (Å²) in [5.41, 5.74) is 3.28. The molecular weight excluding hydrogens is 417 g/mol. The van der Waals surface area contributed by atoms with Crippen molar-refractivity contribution in [3.8, 4) is 0 Å². The number of H-pyrrole nitrogens is 1. The number of benzene rings is 2. The van der Waals surface area contributed by atoms with Gasteiger partial charge in [0.25, 0.3) is 0 Å². The number of aromatic amines is 1. The second-order valence-electron chi connectivity index (χ2n) is 8.42. The summed E-state index contributed by atoms with van der Waals surface area (Å²) in [6.45, 7) is 10.7. The van der Waals surface area contributed by atoms with E-state index in [1.54, 1.807) is 0 Å². The van der Waals surface area contributed by atoms with Crippen LogP contribution in [0.5, 0.6) is 0 Å². The van der Waals surface area contributed by atoms with E-state index in [0.29, 0.717) is 22.0 Å². The number of nitrogens with zero attached hydrogens (tertiary/aromatic N) is 3. The highest BCUT2D eigenvalue weighted by atomic mass is 35.5. The molecule has 1 aliphatic heterocycles. The highest BCUT2D eigenvalue weighted by Gasteiger charge is 2.23. The van der Waals surface area contributed by atoms with E-state index >= 15 is 0 Å². The quantitative estimate of drug-likeness (QED) is 0.529. The molecule has 1 unspecified atom stereocenters. The number of anilines is 1. The fourth-order valence-corrected chi connectivity index (χ4v) is 4.24. The van der Waals surface area contributed by atoms with Crippen LogP contribution in [-0.4, -0.2) is 58.5 Å². The number of hydrogen-bond acceptors (Lipinski definition) is 4. The van der Waals surface area contributed by atoms with Crippen LogP contribution in [0.15, 0.2) is 42.5 Å². The molecular formula is C23H29Cl2N5. The minimum absolute atomic E-state index is 0.340. The number of rotatable bonds is 7. The van der Waals surface area contributed by atoms with E-state index in [0.717, 1.165) is 56.3 Å². The van der Waals surface area contributed by atoms with E-state index in [4.69, 9.17) is 23.2 Å². The standard InChI is InChI=1S/C23H29Cl2N5/c1-16(2)22(28-23-26-20-5-3-4-6-21(20)27-23)15-30-11-9-29(10-12-30)14-17-7-8-18(24)19(25)13-17/h3-8,13,16,22H,9-12,14-15H2,1-2H3,(H2,26,27,28). The van der Waals surface area contributed by atoms with Crippen molar-refractivity contribution in [2.75, 3.05) is 38.0 Å². The lowest BCUT2D eigenvalue weighted by molar-refractivity contribution is 0.119. The van der Waals surface area contributed by atoms with Crippen LogP contribution in [0.3, 0.4) is 0 Å². The zero-order chi connectivity index (χ0) is 21.1. The van der Waals surface area contributed by atoms with Crippen molar-refractivity contribution in [2.24, 2.45) is 5.92 Å². The van der Waals surface area contributed by atoms with Gasteiger partial charge in [0.2, 0.25) is 5.95 Å². The molecule has 5 nitrogen and oxygen atoms in total. The molecule has 0 amide bonds. The number of hydrogen-bond donors (Lipinski definition) is 2. The lowest BCUT2D eigenvalue weighted by Crippen LogP contribution is -2.50. The van der Waals surface area contributed by atoms with E-state index in [-0.39, 0.29) is 0 Å². The van der Waals surface area contributed by atoms with Crippen LogP contribution < -0.4 is 5.32 Å². The molecule has 2 heterocycles. The van der Waals surface area contributed by atoms with Crippen molar-refractivity contribution in [3.63, 3.8) is 0 Å². The molecule has 3 aromatic rings. The summed E-state index contributed by atoms with van der Waals surface area (Å²) in [5.74, 6) is 1.36. The van der Waals surface area contributed by atoms with Crippen LogP contribution in [0.1, 0.15) is 19.4 Å². The average molecular weight is 446 g/mol. The van der Waals surface area contributed by atoms with Crippen molar-refractivity contribution in [3.05, 3.63) is 58.1 Å². The van der Waals surface area contributed by atoms with Crippen LogP contribution >= 0.6 is 23.2 Å². The SMILES string of the molecule is CC(C)C(CN1CCN(Cc2ccc(Cl)c(Cl)c2)CC1)Nc1nc2ccccc2[nH]1. The van der Waals surface area contributed by atoms with Gasteiger partial charge in [-0.15, -0.1) is 0 Å². The van der Waals surface area contributed by atoms with E-state index in [1.807, 2.05) is 30.3 Å². The van der Waals surface area contributed by atoms with E-state index in [1.165, 1.54) is 5.56 Å². The van der Waals surface area contributed by atoms with Gasteiger partial charge in [-0.25, -0.2) is 4.98 Å². The number of aromatic nitrogens is 2. The first-order valence-corrected chi connectivity index (χ1v) is 11.3. The average Bonchev–Trinajstić information content (AvgIpc) is 3.14. The van der Waals surface area contributed by atoms with Gasteiger partial charge < -0.3 is 10.3 Å². The van der Waals surface area contributed by atoms with E-state index in [2.05, 4.69) is 51.1 Å². The molecule has 0 saturated carbocycles. The normalized spacial score (nSPS) is 17.0. The Bertz CT molecular complexity index is 946. The number of piperazine rings is 1. The third-order valence-corrected chi connectivity index (χ3v) is 6.57. The zero-order valence-electron chi connectivity index (χ0n) is 17.5. The van der Waals surface area contributed by atoms with Gasteiger partial charge >= 0.3 is 0 Å². The predicted molar refractivity (Wildman–Crippen MR) is 127 cm³/mol. The van der Waals surface area contributed by atoms with Crippen LogP contribution in [0, 0.1) is 5.92 Å². The van der Waals surface area contributed by atoms with Gasteiger partial charge in [0, 0.05) is 45.3 Å². The molecule has 1 saturated heterocycles. The Labute approximate surface area is 188 Å². The summed E-state index contributed by atoms with van der Waals surface area (Å²) >= 11 is 12.2. The summed E-state index contributed by atoms with van der Waals surface area (Å²) in [4.78, 5) is 13.1. The molecule has 1 aliphatic rings. The monoisotopic (exact) mass is 445 g/mol. The Morgan fingerprint density at radius 2 is 1.73 bits per heavy atom. The summed E-state index contributed by atoms with van der Waals surface area (Å²) in [5, 5.41) is 4.87. The van der Waals surface area contributed by atoms with Gasteiger partial charge in [-0.1, -0.05) is 55.2 Å². The maximum Gasteiger partial charge on any atom is 0.201 e. The lowest BCUT2D eigenvalue weighted by atomic mass is 10.0. The highest BCUT2D eigenvalue weighted by Crippen LogP contribution is 2.23. The number of halogens is 2. The minimum Gasteiger partial charge on any atom is -0.352 e. The Hall–Kier alpha value is -1.79. The molecule has 30 heavy (non-hydrogen) atoms. The van der Waals surface area contributed by atoms with Crippen molar-refractivity contribution < 1.29 is 0 Å². The maximum atomic E-state index is 6.16. The molecule has 0 aliphatic carbocycles. The lowest BCUT2D eigenvalue weighted by Gasteiger charge is -2.37. The molecule has 4 rings (SSSR count). The number of fused-ring (bicyclic) bond motifs is 1. The third-order valence-electron chi connectivity index (χ3n) is 5.83. The minimum atomic E-state index is 0.340.